The van der Waals surface area contributed by atoms with Crippen LogP contribution in [0.5, 0.6) is 5.75 Å². The van der Waals surface area contributed by atoms with Crippen LogP contribution in [0.1, 0.15) is 73.5 Å². The third-order valence-corrected chi connectivity index (χ3v) is 4.81. The van der Waals surface area contributed by atoms with Crippen LogP contribution in [0, 0.1) is 0 Å². The van der Waals surface area contributed by atoms with Crippen LogP contribution >= 0.6 is 0 Å². The smallest absolute Gasteiger partial charge is 0.159 e. The average Bonchev–Trinajstić information content (AvgIpc) is 3.18. The summed E-state index contributed by atoms with van der Waals surface area (Å²) < 4.78 is 5.79. The van der Waals surface area contributed by atoms with E-state index >= 15 is 0 Å². The second kappa shape index (κ2) is 9.36. The molecule has 142 valence electrons. The minimum Gasteiger partial charge on any atom is -0.494 e. The van der Waals surface area contributed by atoms with Crippen molar-refractivity contribution in [2.75, 3.05) is 6.61 Å². The SMILES string of the molecule is CCCCCCOc1ccc(C2=NOC(c3ccc(C(C)=O)cc3)C2)cc1. The van der Waals surface area contributed by atoms with Gasteiger partial charge in [0.15, 0.2) is 11.9 Å². The molecule has 2 aromatic rings. The van der Waals surface area contributed by atoms with Gasteiger partial charge in [0.1, 0.15) is 5.75 Å². The van der Waals surface area contributed by atoms with Crippen molar-refractivity contribution in [3.63, 3.8) is 0 Å². The van der Waals surface area contributed by atoms with E-state index < -0.39 is 0 Å². The number of rotatable bonds is 9. The molecule has 1 heterocycles. The van der Waals surface area contributed by atoms with Crippen molar-refractivity contribution in [1.29, 1.82) is 0 Å². The number of unbranched alkanes of at least 4 members (excludes halogenated alkanes) is 3. The maximum absolute atomic E-state index is 11.4. The summed E-state index contributed by atoms with van der Waals surface area (Å²) >= 11 is 0. The lowest BCUT2D eigenvalue weighted by Crippen LogP contribution is -2.03. The molecular weight excluding hydrogens is 338 g/mol. The quantitative estimate of drug-likeness (QED) is 0.422. The zero-order chi connectivity index (χ0) is 19.1. The summed E-state index contributed by atoms with van der Waals surface area (Å²) in [5, 5.41) is 4.26. The number of hydrogen-bond acceptors (Lipinski definition) is 4. The minimum atomic E-state index is -0.101. The van der Waals surface area contributed by atoms with Gasteiger partial charge in [0.05, 0.1) is 12.3 Å². The van der Waals surface area contributed by atoms with E-state index in [9.17, 15) is 4.79 Å². The molecule has 0 aromatic heterocycles. The number of ketones is 1. The van der Waals surface area contributed by atoms with Gasteiger partial charge in [0.25, 0.3) is 0 Å². The van der Waals surface area contributed by atoms with Crippen molar-refractivity contribution >= 4 is 11.5 Å². The third kappa shape index (κ3) is 5.19. The molecule has 27 heavy (non-hydrogen) atoms. The largest absolute Gasteiger partial charge is 0.494 e. The molecule has 0 radical (unpaired) electrons. The highest BCUT2D eigenvalue weighted by atomic mass is 16.6. The van der Waals surface area contributed by atoms with E-state index in [1.807, 2.05) is 48.5 Å². The molecule has 1 atom stereocenters. The fourth-order valence-corrected chi connectivity index (χ4v) is 3.12. The van der Waals surface area contributed by atoms with Gasteiger partial charge in [-0.25, -0.2) is 0 Å². The first kappa shape index (κ1) is 19.2. The van der Waals surface area contributed by atoms with Crippen LogP contribution < -0.4 is 4.74 Å². The summed E-state index contributed by atoms with van der Waals surface area (Å²) in [6.07, 6.45) is 5.44. The Morgan fingerprint density at radius 1 is 1.07 bits per heavy atom. The number of oxime groups is 1. The van der Waals surface area contributed by atoms with Gasteiger partial charge in [0, 0.05) is 12.0 Å². The lowest BCUT2D eigenvalue weighted by atomic mass is 9.99. The Hall–Kier alpha value is -2.62. The Labute approximate surface area is 161 Å². The summed E-state index contributed by atoms with van der Waals surface area (Å²) in [6, 6.07) is 15.6. The van der Waals surface area contributed by atoms with E-state index in [0.717, 1.165) is 42.0 Å². The normalized spacial score (nSPS) is 15.9. The van der Waals surface area contributed by atoms with Crippen LogP contribution in [-0.2, 0) is 4.84 Å². The molecule has 1 aliphatic heterocycles. The van der Waals surface area contributed by atoms with Gasteiger partial charge >= 0.3 is 0 Å². The van der Waals surface area contributed by atoms with Crippen LogP contribution in [0.2, 0.25) is 0 Å². The van der Waals surface area contributed by atoms with E-state index in [4.69, 9.17) is 9.57 Å². The molecule has 0 bridgehead atoms. The third-order valence-electron chi connectivity index (χ3n) is 4.81. The van der Waals surface area contributed by atoms with Crippen LogP contribution in [0.25, 0.3) is 0 Å². The molecule has 1 unspecified atom stereocenters. The topological polar surface area (TPSA) is 47.9 Å². The van der Waals surface area contributed by atoms with Crippen LogP contribution in [-0.4, -0.2) is 18.1 Å². The van der Waals surface area contributed by atoms with Crippen molar-refractivity contribution in [2.24, 2.45) is 5.16 Å². The molecule has 4 nitrogen and oxygen atoms in total. The highest BCUT2D eigenvalue weighted by Crippen LogP contribution is 2.30. The summed E-state index contributed by atoms with van der Waals surface area (Å²) in [5.74, 6) is 0.963. The van der Waals surface area contributed by atoms with Gasteiger partial charge in [-0.1, -0.05) is 55.6 Å². The van der Waals surface area contributed by atoms with Crippen molar-refractivity contribution < 1.29 is 14.4 Å². The molecular formula is C23H27NO3. The maximum Gasteiger partial charge on any atom is 0.159 e. The molecule has 0 saturated heterocycles. The molecule has 0 aliphatic carbocycles. The second-order valence-electron chi connectivity index (χ2n) is 6.95. The summed E-state index contributed by atoms with van der Waals surface area (Å²) in [6.45, 7) is 4.55. The Bertz CT molecular complexity index is 778. The summed E-state index contributed by atoms with van der Waals surface area (Å²) in [4.78, 5) is 17.0. The molecule has 3 rings (SSSR count). The molecule has 0 N–H and O–H groups in total. The van der Waals surface area contributed by atoms with Crippen molar-refractivity contribution in [3.8, 4) is 5.75 Å². The van der Waals surface area contributed by atoms with Crippen LogP contribution in [0.4, 0.5) is 0 Å². The Balaban J connectivity index is 1.53. The lowest BCUT2D eigenvalue weighted by molar-refractivity contribution is 0.0856. The van der Waals surface area contributed by atoms with Crippen LogP contribution in [0.15, 0.2) is 53.7 Å². The highest BCUT2D eigenvalue weighted by Gasteiger charge is 2.24. The molecule has 1 aliphatic rings. The van der Waals surface area contributed by atoms with Gasteiger partial charge in [-0.05, 0) is 48.7 Å². The molecule has 2 aromatic carbocycles. The first-order chi connectivity index (χ1) is 13.2. The summed E-state index contributed by atoms with van der Waals surface area (Å²) in [5.41, 5.74) is 3.73. The van der Waals surface area contributed by atoms with Gasteiger partial charge in [-0.3, -0.25) is 4.79 Å². The van der Waals surface area contributed by atoms with Gasteiger partial charge in [-0.15, -0.1) is 0 Å². The number of benzene rings is 2. The van der Waals surface area contributed by atoms with E-state index in [-0.39, 0.29) is 11.9 Å². The molecule has 0 fully saturated rings. The molecule has 4 heteroatoms. The van der Waals surface area contributed by atoms with E-state index in [2.05, 4.69) is 12.1 Å². The lowest BCUT2D eigenvalue weighted by Gasteiger charge is -2.09. The van der Waals surface area contributed by atoms with E-state index in [1.165, 1.54) is 19.3 Å². The van der Waals surface area contributed by atoms with Crippen molar-refractivity contribution in [3.05, 3.63) is 65.2 Å². The first-order valence-electron chi connectivity index (χ1n) is 9.74. The zero-order valence-corrected chi connectivity index (χ0v) is 16.1. The standard InChI is InChI=1S/C23H27NO3/c1-3-4-5-6-15-26-21-13-11-19(12-14-21)22-16-23(27-24-22)20-9-7-18(8-10-20)17(2)25/h7-14,23H,3-6,15-16H2,1-2H3. The number of nitrogens with zero attached hydrogens (tertiary/aromatic N) is 1. The number of Topliss-reactive ketones (excluding diaryl/α,β-unsaturated/α-hetero) is 1. The first-order valence-corrected chi connectivity index (χ1v) is 9.74. The fourth-order valence-electron chi connectivity index (χ4n) is 3.12. The number of hydrogen-bond donors (Lipinski definition) is 0. The number of ether oxygens (including phenoxy) is 1. The minimum absolute atomic E-state index is 0.0681. The van der Waals surface area contributed by atoms with Crippen molar-refractivity contribution in [2.45, 2.75) is 52.1 Å². The second-order valence-corrected chi connectivity index (χ2v) is 6.95. The summed E-state index contributed by atoms with van der Waals surface area (Å²) in [7, 11) is 0. The Morgan fingerprint density at radius 2 is 1.81 bits per heavy atom. The molecule has 0 amide bonds. The number of carbonyl (C=O) groups is 1. The maximum atomic E-state index is 11.4. The van der Waals surface area contributed by atoms with Crippen molar-refractivity contribution in [1.82, 2.24) is 0 Å². The fraction of sp³-hybridized carbons (Fsp3) is 0.391. The van der Waals surface area contributed by atoms with E-state index in [1.54, 1.807) is 6.92 Å². The van der Waals surface area contributed by atoms with Gasteiger partial charge in [0.2, 0.25) is 0 Å². The predicted molar refractivity (Wildman–Crippen MR) is 108 cm³/mol. The molecule has 0 spiro atoms. The Kier molecular flexibility index (Phi) is 6.64. The van der Waals surface area contributed by atoms with Gasteiger partial charge in [-0.2, -0.15) is 0 Å². The highest BCUT2D eigenvalue weighted by molar-refractivity contribution is 6.01. The van der Waals surface area contributed by atoms with Gasteiger partial charge < -0.3 is 9.57 Å². The Morgan fingerprint density at radius 3 is 2.48 bits per heavy atom. The zero-order valence-electron chi connectivity index (χ0n) is 16.1. The predicted octanol–water partition coefficient (Wildman–Crippen LogP) is 5.71. The number of carbonyl (C=O) groups excluding carboxylic acids is 1. The molecule has 0 saturated carbocycles. The monoisotopic (exact) mass is 365 g/mol. The average molecular weight is 365 g/mol. The van der Waals surface area contributed by atoms with E-state index in [0.29, 0.717) is 5.56 Å². The van der Waals surface area contributed by atoms with Crippen LogP contribution in [0.3, 0.4) is 0 Å².